The lowest BCUT2D eigenvalue weighted by Crippen LogP contribution is -2.65. The molecule has 0 unspecified atom stereocenters. The van der Waals surface area contributed by atoms with E-state index in [-0.39, 0.29) is 40.8 Å². The molecule has 6 rings (SSSR count). The Bertz CT molecular complexity index is 1120. The van der Waals surface area contributed by atoms with Gasteiger partial charge in [0, 0.05) is 26.2 Å². The van der Waals surface area contributed by atoms with Crippen LogP contribution in [0.2, 0.25) is 0 Å². The van der Waals surface area contributed by atoms with Crippen LogP contribution in [0.25, 0.3) is 0 Å². The van der Waals surface area contributed by atoms with Gasteiger partial charge in [-0.1, -0.05) is 60.1 Å². The molecule has 5 saturated carbocycles. The normalized spacial score (nSPS) is 44.1. The van der Waals surface area contributed by atoms with Crippen molar-refractivity contribution in [1.82, 2.24) is 10.2 Å². The second kappa shape index (κ2) is 11.4. The second-order valence-corrected chi connectivity index (χ2v) is 18.7. The summed E-state index contributed by atoms with van der Waals surface area (Å²) in [5, 5.41) is 22.3. The predicted octanol–water partition coefficient (Wildman–Crippen LogP) is 7.22. The molecule has 0 aromatic rings. The van der Waals surface area contributed by atoms with E-state index < -0.39 is 0 Å². The van der Waals surface area contributed by atoms with Crippen molar-refractivity contribution in [1.29, 1.82) is 0 Å². The molecular formula is C39H66N2O3. The maximum Gasteiger partial charge on any atom is 0.226 e. The summed E-state index contributed by atoms with van der Waals surface area (Å²) in [6.07, 6.45) is 17.8. The second-order valence-electron chi connectivity index (χ2n) is 18.7. The monoisotopic (exact) mass is 611 g/mol. The molecule has 5 fully saturated rings. The zero-order chi connectivity index (χ0) is 31.8. The van der Waals surface area contributed by atoms with Gasteiger partial charge in [-0.05, 0) is 134 Å². The average molecular weight is 611 g/mol. The van der Waals surface area contributed by atoms with E-state index in [1.165, 1.54) is 44.9 Å². The van der Waals surface area contributed by atoms with Crippen LogP contribution in [-0.2, 0) is 4.79 Å². The van der Waals surface area contributed by atoms with Gasteiger partial charge in [0.15, 0.2) is 0 Å². The highest BCUT2D eigenvalue weighted by molar-refractivity contribution is 5.84. The van der Waals surface area contributed by atoms with Crippen LogP contribution in [-0.4, -0.2) is 60.4 Å². The summed E-state index contributed by atoms with van der Waals surface area (Å²) < 4.78 is 0. The van der Waals surface area contributed by atoms with Gasteiger partial charge in [-0.2, -0.15) is 0 Å². The lowest BCUT2D eigenvalue weighted by Gasteiger charge is -2.71. The smallest absolute Gasteiger partial charge is 0.226 e. The quantitative estimate of drug-likeness (QED) is 0.241. The van der Waals surface area contributed by atoms with Crippen LogP contribution >= 0.6 is 0 Å². The number of amides is 1. The molecule has 3 N–H and O–H groups in total. The molecule has 5 heteroatoms. The van der Waals surface area contributed by atoms with Gasteiger partial charge in [-0.15, -0.1) is 0 Å². The maximum absolute atomic E-state index is 14.3. The zero-order valence-electron chi connectivity index (χ0n) is 29.4. The van der Waals surface area contributed by atoms with Crippen LogP contribution in [0.1, 0.15) is 126 Å². The lowest BCUT2D eigenvalue weighted by molar-refractivity contribution is -0.195. The molecule has 5 nitrogen and oxygen atoms in total. The zero-order valence-corrected chi connectivity index (χ0v) is 29.4. The highest BCUT2D eigenvalue weighted by atomic mass is 16.3. The fourth-order valence-electron chi connectivity index (χ4n) is 13.1. The number of allylic oxidation sites excluding steroid dienone is 2. The fourth-order valence-corrected chi connectivity index (χ4v) is 13.1. The molecule has 6 aliphatic carbocycles. The molecule has 0 aromatic carbocycles. The molecule has 0 spiro atoms. The molecule has 6 aliphatic rings. The molecule has 0 aromatic heterocycles. The Balaban J connectivity index is 1.28. The van der Waals surface area contributed by atoms with E-state index in [9.17, 15) is 15.0 Å². The van der Waals surface area contributed by atoms with Gasteiger partial charge in [0.05, 0.1) is 18.6 Å². The third-order valence-electron chi connectivity index (χ3n) is 15.9. The number of rotatable bonds is 9. The van der Waals surface area contributed by atoms with Gasteiger partial charge in [-0.25, -0.2) is 0 Å². The first-order chi connectivity index (χ1) is 20.7. The van der Waals surface area contributed by atoms with Crippen molar-refractivity contribution in [2.24, 2.45) is 62.1 Å². The molecule has 1 amide bonds. The van der Waals surface area contributed by atoms with Crippen molar-refractivity contribution in [3.63, 3.8) is 0 Å². The van der Waals surface area contributed by atoms with Crippen LogP contribution in [0.3, 0.4) is 0 Å². The Hall–Kier alpha value is -0.910. The minimum Gasteiger partial charge on any atom is -0.395 e. The van der Waals surface area contributed by atoms with Gasteiger partial charge >= 0.3 is 0 Å². The van der Waals surface area contributed by atoms with Gasteiger partial charge in [0.2, 0.25) is 5.91 Å². The molecule has 0 heterocycles. The number of aliphatic hydroxyl groups excluding tert-OH is 2. The third kappa shape index (κ3) is 4.99. The summed E-state index contributed by atoms with van der Waals surface area (Å²) in [5.74, 6) is 4.05. The molecule has 0 aliphatic heterocycles. The number of aliphatic hydroxyl groups is 2. The Morgan fingerprint density at radius 3 is 2.18 bits per heavy atom. The van der Waals surface area contributed by atoms with E-state index in [0.29, 0.717) is 42.9 Å². The van der Waals surface area contributed by atoms with Crippen LogP contribution < -0.4 is 5.32 Å². The number of fused-ring (bicyclic) bond motifs is 7. The minimum atomic E-state index is -0.311. The molecule has 0 bridgehead atoms. The number of carbonyl (C=O) groups is 1. The van der Waals surface area contributed by atoms with Crippen LogP contribution in [0.5, 0.6) is 0 Å². The first-order valence-electron chi connectivity index (χ1n) is 18.6. The number of hydrogen-bond donors (Lipinski definition) is 3. The Kier molecular flexibility index (Phi) is 8.52. The van der Waals surface area contributed by atoms with E-state index in [1.54, 1.807) is 5.57 Å². The molecule has 8 atom stereocenters. The highest BCUT2D eigenvalue weighted by Gasteiger charge is 2.69. The number of carbonyl (C=O) groups excluding carboxylic acids is 1. The molecule has 250 valence electrons. The Morgan fingerprint density at radius 1 is 0.841 bits per heavy atom. The van der Waals surface area contributed by atoms with Gasteiger partial charge in [0.25, 0.3) is 0 Å². The van der Waals surface area contributed by atoms with E-state index >= 15 is 0 Å². The summed E-state index contributed by atoms with van der Waals surface area (Å²) in [4.78, 5) is 16.4. The predicted molar refractivity (Wildman–Crippen MR) is 179 cm³/mol. The maximum atomic E-state index is 14.3. The summed E-state index contributed by atoms with van der Waals surface area (Å²) in [5.41, 5.74) is 2.87. The van der Waals surface area contributed by atoms with E-state index in [2.05, 4.69) is 59.9 Å². The number of hydrogen-bond acceptors (Lipinski definition) is 4. The summed E-state index contributed by atoms with van der Waals surface area (Å²) in [6.45, 7) is 20.7. The van der Waals surface area contributed by atoms with Gasteiger partial charge < -0.3 is 15.5 Å². The van der Waals surface area contributed by atoms with Crippen LogP contribution in [0.15, 0.2) is 11.6 Å². The number of nitrogens with one attached hydrogen (secondary N) is 1. The third-order valence-corrected chi connectivity index (χ3v) is 15.9. The highest BCUT2D eigenvalue weighted by Crippen LogP contribution is 2.76. The lowest BCUT2D eigenvalue weighted by atomic mass is 9.33. The van der Waals surface area contributed by atoms with Crippen molar-refractivity contribution >= 4 is 5.91 Å². The van der Waals surface area contributed by atoms with Crippen molar-refractivity contribution in [3.8, 4) is 0 Å². The summed E-state index contributed by atoms with van der Waals surface area (Å²) in [6, 6.07) is 0. The fraction of sp³-hybridized carbons (Fsp3) is 0.923. The molecular weight excluding hydrogens is 544 g/mol. The molecule has 44 heavy (non-hydrogen) atoms. The Labute approximate surface area is 269 Å². The van der Waals surface area contributed by atoms with Crippen molar-refractivity contribution < 1.29 is 15.0 Å². The first kappa shape index (κ1) is 33.0. The average Bonchev–Trinajstić information content (AvgIpc) is 3.78. The van der Waals surface area contributed by atoms with Crippen LogP contribution in [0.4, 0.5) is 0 Å². The van der Waals surface area contributed by atoms with E-state index in [1.807, 2.05) is 4.90 Å². The minimum absolute atomic E-state index is 0.0694. The van der Waals surface area contributed by atoms with Gasteiger partial charge in [-0.3, -0.25) is 9.69 Å². The number of nitrogens with zero attached hydrogens (tertiary/aromatic N) is 1. The van der Waals surface area contributed by atoms with E-state index in [4.69, 9.17) is 0 Å². The molecule has 0 radical (unpaired) electrons. The summed E-state index contributed by atoms with van der Waals surface area (Å²) in [7, 11) is 0. The largest absolute Gasteiger partial charge is 0.395 e. The topological polar surface area (TPSA) is 72.8 Å². The van der Waals surface area contributed by atoms with Crippen LogP contribution in [0, 0.1) is 62.1 Å². The van der Waals surface area contributed by atoms with Crippen molar-refractivity contribution in [2.75, 3.05) is 39.4 Å². The van der Waals surface area contributed by atoms with Crippen molar-refractivity contribution in [3.05, 3.63) is 11.6 Å². The van der Waals surface area contributed by atoms with E-state index in [0.717, 1.165) is 55.8 Å². The first-order valence-corrected chi connectivity index (χ1v) is 18.6. The van der Waals surface area contributed by atoms with Gasteiger partial charge in [0.1, 0.15) is 0 Å². The summed E-state index contributed by atoms with van der Waals surface area (Å²) >= 11 is 0. The standard InChI is InChI=1S/C39H66N2O3/c1-34(2)16-18-39(33(44)40-20-21-41(22-24-42)23-25-43)19-17-37(6)29(30(39)26-34)10-11-32-36(5)14-12-28(27-8-9-27)35(3,4)31(36)13-15-38(32,37)7/h10,27-28,30-32,42-43H,8-9,11-26H2,1-7H3,(H,40,44)/t28-,30+,31+,32-,36+,37-,38-,39+/m1/s1. The SMILES string of the molecule is CC1(C)CC[C@]2(C(=O)NCCN(CCO)CCO)CC[C@]3(C)C(=CC[C@@H]4[C@@]5(C)CC[C@H](C6CC6)C(C)(C)[C@@H]5CC[C@]43C)[C@@H]2C1. The molecule has 0 saturated heterocycles. The van der Waals surface area contributed by atoms with Crippen molar-refractivity contribution in [2.45, 2.75) is 126 Å². The Morgan fingerprint density at radius 2 is 1.52 bits per heavy atom.